The molecule has 0 aromatic carbocycles. The monoisotopic (exact) mass is 179 g/mol. The predicted molar refractivity (Wildman–Crippen MR) is 50.9 cm³/mol. The molecule has 1 aliphatic carbocycles. The van der Waals surface area contributed by atoms with Crippen LogP contribution in [-0.4, -0.2) is 11.1 Å². The van der Waals surface area contributed by atoms with Gasteiger partial charge in [-0.25, -0.2) is 4.79 Å². The van der Waals surface area contributed by atoms with E-state index < -0.39 is 5.97 Å². The van der Waals surface area contributed by atoms with Crippen molar-refractivity contribution in [3.63, 3.8) is 0 Å². The average molecular weight is 179 g/mol. The zero-order valence-corrected chi connectivity index (χ0v) is 7.58. The Morgan fingerprint density at radius 1 is 1.85 bits per heavy atom. The topological polar surface area (TPSA) is 49.3 Å². The van der Waals surface area contributed by atoms with Crippen molar-refractivity contribution in [2.45, 2.75) is 13.3 Å². The van der Waals surface area contributed by atoms with Crippen LogP contribution in [0.25, 0.3) is 0 Å². The fourth-order valence-electron chi connectivity index (χ4n) is 1.25. The molecule has 1 unspecified atom stereocenters. The molecule has 0 aliphatic heterocycles. The van der Waals surface area contributed by atoms with Crippen LogP contribution >= 0.6 is 0 Å². The first-order chi connectivity index (χ1) is 6.15. The van der Waals surface area contributed by atoms with Crippen molar-refractivity contribution in [3.05, 3.63) is 36.2 Å². The largest absolute Gasteiger partial charge is 0.478 e. The number of nitrogens with one attached hydrogen (secondary N) is 1. The molecule has 0 aromatic heterocycles. The molecule has 1 rings (SSSR count). The van der Waals surface area contributed by atoms with Crippen LogP contribution in [0.15, 0.2) is 36.2 Å². The minimum absolute atomic E-state index is 0.334. The molecule has 1 atom stereocenters. The number of allylic oxidation sites excluding steroid dienone is 2. The third-order valence-corrected chi connectivity index (χ3v) is 2.05. The summed E-state index contributed by atoms with van der Waals surface area (Å²) in [7, 11) is 0. The lowest BCUT2D eigenvalue weighted by Gasteiger charge is -2.18. The number of rotatable bonds is 3. The molecule has 0 spiro atoms. The van der Waals surface area contributed by atoms with Gasteiger partial charge in [-0.2, -0.15) is 0 Å². The molecule has 0 aromatic rings. The Balaban J connectivity index is 2.84. The normalized spacial score (nSPS) is 21.5. The van der Waals surface area contributed by atoms with Crippen LogP contribution < -0.4 is 5.32 Å². The maximum Gasteiger partial charge on any atom is 0.335 e. The molecule has 3 heteroatoms. The van der Waals surface area contributed by atoms with E-state index in [4.69, 9.17) is 5.11 Å². The summed E-state index contributed by atoms with van der Waals surface area (Å²) in [6.07, 6.45) is 5.71. The highest BCUT2D eigenvalue weighted by Crippen LogP contribution is 2.21. The van der Waals surface area contributed by atoms with E-state index in [9.17, 15) is 4.79 Å². The molecule has 70 valence electrons. The van der Waals surface area contributed by atoms with Gasteiger partial charge in [0.1, 0.15) is 0 Å². The van der Waals surface area contributed by atoms with Gasteiger partial charge in [0.25, 0.3) is 0 Å². The second-order valence-electron chi connectivity index (χ2n) is 3.05. The van der Waals surface area contributed by atoms with Gasteiger partial charge in [0, 0.05) is 5.70 Å². The molecule has 1 aliphatic rings. The molecule has 0 bridgehead atoms. The van der Waals surface area contributed by atoms with E-state index >= 15 is 0 Å². The maximum atomic E-state index is 10.6. The van der Waals surface area contributed by atoms with Crippen LogP contribution in [-0.2, 0) is 4.79 Å². The Kier molecular flexibility index (Phi) is 2.90. The molecule has 0 heterocycles. The van der Waals surface area contributed by atoms with Gasteiger partial charge >= 0.3 is 5.97 Å². The van der Waals surface area contributed by atoms with Crippen molar-refractivity contribution >= 4 is 5.97 Å². The fraction of sp³-hybridized carbons (Fsp3) is 0.300. The van der Waals surface area contributed by atoms with E-state index in [1.165, 1.54) is 0 Å². The lowest BCUT2D eigenvalue weighted by molar-refractivity contribution is -0.132. The molecule has 2 N–H and O–H groups in total. The molecule has 0 saturated carbocycles. The third kappa shape index (κ3) is 2.21. The molecule has 0 amide bonds. The van der Waals surface area contributed by atoms with Gasteiger partial charge in [0.05, 0.1) is 5.57 Å². The van der Waals surface area contributed by atoms with Crippen LogP contribution in [0.4, 0.5) is 0 Å². The number of hydrogen-bond acceptors (Lipinski definition) is 2. The number of carboxylic acid groups (broad SMARTS) is 1. The van der Waals surface area contributed by atoms with Gasteiger partial charge in [-0.3, -0.25) is 0 Å². The second kappa shape index (κ2) is 3.94. The first kappa shape index (κ1) is 9.58. The summed E-state index contributed by atoms with van der Waals surface area (Å²) in [6, 6.07) is 0. The number of hydrogen-bond donors (Lipinski definition) is 2. The van der Waals surface area contributed by atoms with E-state index in [-0.39, 0.29) is 0 Å². The second-order valence-corrected chi connectivity index (χ2v) is 3.05. The van der Waals surface area contributed by atoms with Crippen molar-refractivity contribution in [3.8, 4) is 0 Å². The Morgan fingerprint density at radius 3 is 3.08 bits per heavy atom. The lowest BCUT2D eigenvalue weighted by Crippen LogP contribution is -2.17. The summed E-state index contributed by atoms with van der Waals surface area (Å²) in [6.45, 7) is 5.58. The standard InChI is InChI=1S/C10H13NO2/c1-3-11-9-6-8(10(12)13)5-4-7(9)2/h3,5-7,11H,1,4H2,2H3,(H,12,13). The Morgan fingerprint density at radius 2 is 2.54 bits per heavy atom. The molecule has 13 heavy (non-hydrogen) atoms. The molecular formula is C10H13NO2. The number of carboxylic acids is 1. The van der Waals surface area contributed by atoms with Crippen LogP contribution in [0.5, 0.6) is 0 Å². The highest BCUT2D eigenvalue weighted by Gasteiger charge is 2.15. The fourth-order valence-corrected chi connectivity index (χ4v) is 1.25. The van der Waals surface area contributed by atoms with Gasteiger partial charge in [0.15, 0.2) is 0 Å². The summed E-state index contributed by atoms with van der Waals surface area (Å²) in [5, 5.41) is 11.7. The molecule has 0 saturated heterocycles. The maximum absolute atomic E-state index is 10.6. The van der Waals surface area contributed by atoms with Crippen molar-refractivity contribution in [2.75, 3.05) is 0 Å². The van der Waals surface area contributed by atoms with Crippen molar-refractivity contribution in [1.29, 1.82) is 0 Å². The Labute approximate surface area is 77.5 Å². The van der Waals surface area contributed by atoms with Crippen molar-refractivity contribution in [1.82, 2.24) is 5.32 Å². The van der Waals surface area contributed by atoms with E-state index in [0.717, 1.165) is 12.1 Å². The highest BCUT2D eigenvalue weighted by atomic mass is 16.4. The summed E-state index contributed by atoms with van der Waals surface area (Å²) in [4.78, 5) is 10.6. The van der Waals surface area contributed by atoms with Crippen LogP contribution in [0.3, 0.4) is 0 Å². The van der Waals surface area contributed by atoms with E-state index in [1.54, 1.807) is 18.4 Å². The first-order valence-corrected chi connectivity index (χ1v) is 4.17. The van der Waals surface area contributed by atoms with Gasteiger partial charge < -0.3 is 10.4 Å². The van der Waals surface area contributed by atoms with Crippen LogP contribution in [0.2, 0.25) is 0 Å². The quantitative estimate of drug-likeness (QED) is 0.692. The van der Waals surface area contributed by atoms with Gasteiger partial charge in [-0.05, 0) is 24.6 Å². The summed E-state index contributed by atoms with van der Waals surface area (Å²) in [5.41, 5.74) is 1.26. The van der Waals surface area contributed by atoms with Gasteiger partial charge in [0.2, 0.25) is 0 Å². The predicted octanol–water partition coefficient (Wildman–Crippen LogP) is 1.65. The lowest BCUT2D eigenvalue weighted by atomic mass is 9.95. The minimum atomic E-state index is -0.879. The van der Waals surface area contributed by atoms with E-state index in [2.05, 4.69) is 11.9 Å². The minimum Gasteiger partial charge on any atom is -0.478 e. The van der Waals surface area contributed by atoms with E-state index in [1.807, 2.05) is 6.92 Å². The SMILES string of the molecule is C=CNC1=CC(C(=O)O)=CCC1C. The van der Waals surface area contributed by atoms with Gasteiger partial charge in [-0.1, -0.05) is 19.6 Å². The van der Waals surface area contributed by atoms with E-state index in [0.29, 0.717) is 11.5 Å². The Bertz CT molecular complexity index is 289. The smallest absolute Gasteiger partial charge is 0.335 e. The van der Waals surface area contributed by atoms with Gasteiger partial charge in [-0.15, -0.1) is 0 Å². The molecular weight excluding hydrogens is 166 g/mol. The number of aliphatic carboxylic acids is 1. The summed E-state index contributed by atoms with van der Waals surface area (Å²) in [5.74, 6) is -0.545. The summed E-state index contributed by atoms with van der Waals surface area (Å²) >= 11 is 0. The van der Waals surface area contributed by atoms with Crippen molar-refractivity contribution < 1.29 is 9.90 Å². The molecule has 3 nitrogen and oxygen atoms in total. The van der Waals surface area contributed by atoms with Crippen LogP contribution in [0.1, 0.15) is 13.3 Å². The van der Waals surface area contributed by atoms with Crippen molar-refractivity contribution in [2.24, 2.45) is 5.92 Å². The molecule has 0 fully saturated rings. The molecule has 0 radical (unpaired) electrons. The third-order valence-electron chi connectivity index (χ3n) is 2.05. The first-order valence-electron chi connectivity index (χ1n) is 4.17. The zero-order chi connectivity index (χ0) is 9.84. The Hall–Kier alpha value is -1.51. The van der Waals surface area contributed by atoms with Crippen LogP contribution in [0, 0.1) is 5.92 Å². The number of carbonyl (C=O) groups is 1. The average Bonchev–Trinajstić information content (AvgIpc) is 2.08. The zero-order valence-electron chi connectivity index (χ0n) is 7.58. The summed E-state index contributed by atoms with van der Waals surface area (Å²) < 4.78 is 0. The highest BCUT2D eigenvalue weighted by molar-refractivity contribution is 5.90.